The fraction of sp³-hybridized carbons (Fsp3) is 0.453. The van der Waals surface area contributed by atoms with Gasteiger partial charge >= 0.3 is 6.09 Å². The quantitative estimate of drug-likeness (QED) is 0.0953. The number of aromatic amines is 2. The predicted octanol–water partition coefficient (Wildman–Crippen LogP) is 9.57. The Hall–Kier alpha value is -7.03. The number of methoxy groups -OCH3 is 2. The largest absolute Gasteiger partial charge is 0.453 e. The fourth-order valence-electron chi connectivity index (χ4n) is 11.6. The molecule has 4 aromatic carbocycles. The van der Waals surface area contributed by atoms with Gasteiger partial charge < -0.3 is 49.3 Å². The van der Waals surface area contributed by atoms with E-state index < -0.39 is 77.2 Å². The van der Waals surface area contributed by atoms with Crippen LogP contribution in [0.5, 0.6) is 0 Å². The van der Waals surface area contributed by atoms with Crippen LogP contribution in [0.1, 0.15) is 112 Å². The number of para-hydroxylation sites is 1. The highest BCUT2D eigenvalue weighted by atomic mass is 19.2. The molecule has 10 rings (SSSR count). The van der Waals surface area contributed by atoms with Crippen LogP contribution >= 0.6 is 0 Å². The number of hydrogen-bond donors (Lipinski definition) is 3. The molecule has 3 N–H and O–H groups in total. The number of nitrogens with one attached hydrogen (secondary N) is 3. The minimum atomic E-state index is -1.08. The van der Waals surface area contributed by atoms with Crippen molar-refractivity contribution in [2.45, 2.75) is 102 Å². The van der Waals surface area contributed by atoms with Gasteiger partial charge in [0.2, 0.25) is 11.8 Å². The monoisotopic (exact) mass is 1030 g/mol. The molecule has 2 aromatic heterocycles. The minimum Gasteiger partial charge on any atom is -0.453 e. The number of aromatic nitrogens is 4. The van der Waals surface area contributed by atoms with Gasteiger partial charge in [0.1, 0.15) is 52.3 Å². The number of benzene rings is 4. The van der Waals surface area contributed by atoms with E-state index >= 15 is 17.6 Å². The number of amides is 3. The number of carbonyl (C=O) groups excluding carboxylic acids is 3. The Morgan fingerprint density at radius 1 is 0.662 bits per heavy atom. The summed E-state index contributed by atoms with van der Waals surface area (Å²) in [5, 5.41) is 2.57. The highest BCUT2D eigenvalue weighted by molar-refractivity contribution is 5.87. The zero-order chi connectivity index (χ0) is 52.1. The van der Waals surface area contributed by atoms with Crippen LogP contribution in [-0.2, 0) is 19.1 Å². The first kappa shape index (κ1) is 50.5. The molecular formula is C53H58F6N10O5. The number of rotatable bonds is 13. The number of imidazole rings is 2. The molecule has 0 radical (unpaired) electrons. The van der Waals surface area contributed by atoms with Gasteiger partial charge in [-0.25, -0.2) is 41.1 Å². The number of halogens is 6. The maximum Gasteiger partial charge on any atom is 0.407 e. The van der Waals surface area contributed by atoms with Crippen LogP contribution in [-0.4, -0.2) is 113 Å². The molecule has 4 aliphatic heterocycles. The first-order valence-electron chi connectivity index (χ1n) is 25.2. The summed E-state index contributed by atoms with van der Waals surface area (Å²) in [6.07, 6.45) is 2.65. The molecule has 15 nitrogen and oxygen atoms in total. The topological polar surface area (TPSA) is 155 Å². The van der Waals surface area contributed by atoms with E-state index in [1.165, 1.54) is 42.2 Å². The third kappa shape index (κ3) is 9.31. The summed E-state index contributed by atoms with van der Waals surface area (Å²) in [5.74, 6) is -4.15. The van der Waals surface area contributed by atoms with Crippen LogP contribution in [0.4, 0.5) is 48.2 Å². The predicted molar refractivity (Wildman–Crippen MR) is 265 cm³/mol. The van der Waals surface area contributed by atoms with E-state index in [9.17, 15) is 23.2 Å². The Balaban J connectivity index is 1.00. The van der Waals surface area contributed by atoms with Crippen molar-refractivity contribution < 1.29 is 50.2 Å². The Bertz CT molecular complexity index is 3070. The van der Waals surface area contributed by atoms with Crippen molar-refractivity contribution in [1.82, 2.24) is 35.1 Å². The molecular weight excluding hydrogens is 971 g/mol. The van der Waals surface area contributed by atoms with E-state index in [4.69, 9.17) is 19.4 Å². The summed E-state index contributed by atoms with van der Waals surface area (Å²) in [7, 11) is 2.61. The van der Waals surface area contributed by atoms with Crippen molar-refractivity contribution in [3.05, 3.63) is 112 Å². The Kier molecular flexibility index (Phi) is 14.1. The van der Waals surface area contributed by atoms with Crippen LogP contribution in [0.2, 0.25) is 0 Å². The summed E-state index contributed by atoms with van der Waals surface area (Å²) in [5.41, 5.74) is 1.33. The molecule has 0 bridgehead atoms. The number of carbonyl (C=O) groups is 3. The molecule has 6 aromatic rings. The summed E-state index contributed by atoms with van der Waals surface area (Å²) in [4.78, 5) is 63.4. The van der Waals surface area contributed by atoms with Crippen LogP contribution in [0, 0.1) is 34.9 Å². The Morgan fingerprint density at radius 2 is 1.16 bits per heavy atom. The van der Waals surface area contributed by atoms with Gasteiger partial charge in [-0.1, -0.05) is 13.0 Å². The number of likely N-dealkylation sites (tertiary alicyclic amines) is 2. The van der Waals surface area contributed by atoms with Crippen molar-refractivity contribution in [3.8, 4) is 0 Å². The Labute approximate surface area is 423 Å². The molecule has 6 heterocycles. The average Bonchev–Trinajstić information content (AvgIpc) is 4.25. The van der Waals surface area contributed by atoms with Crippen molar-refractivity contribution in [3.63, 3.8) is 0 Å². The number of H-pyrrole nitrogens is 2. The number of fused-ring (bicyclic) bond motifs is 2. The number of nitrogens with zero attached hydrogens (tertiary/aromatic N) is 7. The van der Waals surface area contributed by atoms with Gasteiger partial charge in [-0.2, -0.15) is 0 Å². The lowest BCUT2D eigenvalue weighted by Crippen LogP contribution is -2.54. The maximum absolute atomic E-state index is 16.9. The standard InChI is InChI=1S/C53H58F6N10O5/c1-5-9-46(70)67-16-7-12-44(67)50-60-38-24-30(34(56)26-40(38)62-50)42-14-15-43(69(42)29-22-36(58)49(37(59)23-29)66-20-18-65(19-21-66)48-32(54)10-6-11-33(48)55)31-25-39-41(27-35(31)57)63-51(61-39)45-13-8-17-68(45)52(71)47(28(2)73-3)64-53(72)74-4/h6,10-11,22-28,42-45,47H,5,7-9,12-21H2,1-4H3,(H,60,62)(H,61,63)(H,64,72)/t28-,42-,43-,44+,45+,47+/m1/s1. The second-order valence-corrected chi connectivity index (χ2v) is 19.6. The van der Waals surface area contributed by atoms with Gasteiger partial charge in [0.05, 0.1) is 59.4 Å². The molecule has 0 unspecified atom stereocenters. The van der Waals surface area contributed by atoms with Gasteiger partial charge in [-0.15, -0.1) is 0 Å². The fourth-order valence-corrected chi connectivity index (χ4v) is 11.6. The number of alkyl carbamates (subject to hydrolysis) is 1. The normalized spacial score (nSPS) is 21.1. The van der Waals surface area contributed by atoms with Gasteiger partial charge in [0.25, 0.3) is 0 Å². The minimum absolute atomic E-state index is 0.0174. The zero-order valence-corrected chi connectivity index (χ0v) is 41.5. The second kappa shape index (κ2) is 20.7. The van der Waals surface area contributed by atoms with E-state index in [1.807, 2.05) is 6.92 Å². The van der Waals surface area contributed by atoms with Crippen molar-refractivity contribution in [2.75, 3.05) is 68.2 Å². The number of piperazine rings is 1. The van der Waals surface area contributed by atoms with Crippen molar-refractivity contribution in [1.29, 1.82) is 0 Å². The van der Waals surface area contributed by atoms with Crippen LogP contribution in [0.15, 0.2) is 54.6 Å². The molecule has 4 fully saturated rings. The molecule has 392 valence electrons. The molecule has 3 amide bonds. The molecule has 0 saturated carbocycles. The molecule has 74 heavy (non-hydrogen) atoms. The van der Waals surface area contributed by atoms with Crippen molar-refractivity contribution in [2.24, 2.45) is 0 Å². The summed E-state index contributed by atoms with van der Waals surface area (Å²) < 4.78 is 107. The summed E-state index contributed by atoms with van der Waals surface area (Å²) in [6, 6.07) is 7.93. The highest BCUT2D eigenvalue weighted by Gasteiger charge is 2.42. The smallest absolute Gasteiger partial charge is 0.407 e. The van der Waals surface area contributed by atoms with E-state index in [1.54, 1.807) is 33.8 Å². The van der Waals surface area contributed by atoms with Crippen LogP contribution in [0.3, 0.4) is 0 Å². The lowest BCUT2D eigenvalue weighted by molar-refractivity contribution is -0.137. The van der Waals surface area contributed by atoms with Crippen molar-refractivity contribution >= 4 is 57.0 Å². The molecule has 4 aliphatic rings. The lowest BCUT2D eigenvalue weighted by atomic mass is 10.0. The van der Waals surface area contributed by atoms with E-state index in [0.717, 1.165) is 30.7 Å². The number of hydrogen-bond acceptors (Lipinski definition) is 10. The summed E-state index contributed by atoms with van der Waals surface area (Å²) >= 11 is 0. The zero-order valence-electron chi connectivity index (χ0n) is 41.5. The van der Waals surface area contributed by atoms with E-state index in [0.29, 0.717) is 73.4 Å². The maximum atomic E-state index is 16.9. The number of ether oxygens (including phenoxy) is 2. The molecule has 4 saturated heterocycles. The highest BCUT2D eigenvalue weighted by Crippen LogP contribution is 2.50. The molecule has 0 spiro atoms. The molecule has 6 atom stereocenters. The molecule has 21 heteroatoms. The average molecular weight is 1030 g/mol. The lowest BCUT2D eigenvalue weighted by Gasteiger charge is -2.38. The van der Waals surface area contributed by atoms with Gasteiger partial charge in [0.15, 0.2) is 11.6 Å². The van der Waals surface area contributed by atoms with Gasteiger partial charge in [0, 0.05) is 81.7 Å². The Morgan fingerprint density at radius 3 is 1.66 bits per heavy atom. The summed E-state index contributed by atoms with van der Waals surface area (Å²) in [6.45, 7) is 4.76. The SMILES string of the molecule is CCCC(=O)N1CCC[C@H]1c1nc2cc(F)c([C@H]3CC[C@H](c4cc5[nH]c([C@@H]6CCCN6C(=O)[C@@H](NC(=O)OC)[C@@H](C)OC)nc5cc4F)N3c3cc(F)c(N4CCN(c5c(F)cccc5F)CC4)c(F)c3)cc2[nH]1. The van der Waals surface area contributed by atoms with E-state index in [-0.39, 0.29) is 84.7 Å². The first-order chi connectivity index (χ1) is 35.7. The third-order valence-corrected chi connectivity index (χ3v) is 15.3. The van der Waals surface area contributed by atoms with Gasteiger partial charge in [-0.05, 0) is 88.3 Å². The van der Waals surface area contributed by atoms with Crippen LogP contribution < -0.4 is 20.0 Å². The van der Waals surface area contributed by atoms with Gasteiger partial charge in [-0.3, -0.25) is 9.59 Å². The number of anilines is 3. The second-order valence-electron chi connectivity index (χ2n) is 19.6. The third-order valence-electron chi connectivity index (χ3n) is 15.3. The van der Waals surface area contributed by atoms with Crippen LogP contribution in [0.25, 0.3) is 22.1 Å². The van der Waals surface area contributed by atoms with E-state index in [2.05, 4.69) is 15.3 Å². The molecule has 0 aliphatic carbocycles. The first-order valence-corrected chi connectivity index (χ1v) is 25.2.